The molecule has 1 aromatic rings. The molecule has 0 radical (unpaired) electrons. The largest absolute Gasteiger partial charge is 0.497 e. The van der Waals surface area contributed by atoms with Crippen LogP contribution in [0.15, 0.2) is 24.3 Å². The number of benzene rings is 1. The lowest BCUT2D eigenvalue weighted by atomic mass is 9.78. The van der Waals surface area contributed by atoms with E-state index in [0.717, 1.165) is 17.6 Å². The maximum absolute atomic E-state index is 5.19. The molecule has 17 heavy (non-hydrogen) atoms. The van der Waals surface area contributed by atoms with Crippen molar-refractivity contribution in [3.63, 3.8) is 0 Å². The van der Waals surface area contributed by atoms with E-state index >= 15 is 0 Å². The highest BCUT2D eigenvalue weighted by Crippen LogP contribution is 2.33. The van der Waals surface area contributed by atoms with E-state index in [1.165, 1.54) is 44.1 Å². The van der Waals surface area contributed by atoms with Gasteiger partial charge in [0.1, 0.15) is 5.75 Å². The second-order valence-corrected chi connectivity index (χ2v) is 5.36. The Balaban J connectivity index is 1.90. The zero-order valence-electron chi connectivity index (χ0n) is 11.1. The van der Waals surface area contributed by atoms with E-state index in [1.54, 1.807) is 7.11 Å². The minimum Gasteiger partial charge on any atom is -0.497 e. The van der Waals surface area contributed by atoms with Crippen molar-refractivity contribution in [3.05, 3.63) is 29.8 Å². The van der Waals surface area contributed by atoms with Crippen LogP contribution in [0.25, 0.3) is 0 Å². The van der Waals surface area contributed by atoms with Gasteiger partial charge in [-0.15, -0.1) is 0 Å². The molecule has 1 heteroatoms. The average Bonchev–Trinajstić information content (AvgIpc) is 2.40. The number of ether oxygens (including phenoxy) is 1. The SMILES string of the molecule is CCC1CCCC(Cc2ccc(OC)cc2)C1. The Morgan fingerprint density at radius 1 is 1.12 bits per heavy atom. The normalized spacial score (nSPS) is 24.6. The van der Waals surface area contributed by atoms with E-state index in [2.05, 4.69) is 31.2 Å². The van der Waals surface area contributed by atoms with Crippen LogP contribution in [-0.2, 0) is 6.42 Å². The summed E-state index contributed by atoms with van der Waals surface area (Å²) in [6.45, 7) is 2.33. The molecule has 0 N–H and O–H groups in total. The Morgan fingerprint density at radius 2 is 1.82 bits per heavy atom. The van der Waals surface area contributed by atoms with Crippen LogP contribution in [0.4, 0.5) is 0 Å². The molecule has 94 valence electrons. The Labute approximate surface area is 105 Å². The first-order valence-electron chi connectivity index (χ1n) is 6.94. The topological polar surface area (TPSA) is 9.23 Å². The molecule has 2 rings (SSSR count). The molecule has 0 heterocycles. The molecule has 0 aromatic heterocycles. The standard InChI is InChI=1S/C16H24O/c1-3-13-5-4-6-15(11-13)12-14-7-9-16(17-2)10-8-14/h7-10,13,15H,3-6,11-12H2,1-2H3. The van der Waals surface area contributed by atoms with E-state index in [-0.39, 0.29) is 0 Å². The summed E-state index contributed by atoms with van der Waals surface area (Å²) in [7, 11) is 1.72. The van der Waals surface area contributed by atoms with E-state index in [0.29, 0.717) is 0 Å². The Bertz CT molecular complexity index is 328. The molecule has 1 aliphatic rings. The maximum Gasteiger partial charge on any atom is 0.118 e. The van der Waals surface area contributed by atoms with Crippen LogP contribution in [-0.4, -0.2) is 7.11 Å². The molecular weight excluding hydrogens is 208 g/mol. The van der Waals surface area contributed by atoms with Crippen LogP contribution in [0.5, 0.6) is 5.75 Å². The summed E-state index contributed by atoms with van der Waals surface area (Å²) in [6, 6.07) is 8.59. The lowest BCUT2D eigenvalue weighted by molar-refractivity contribution is 0.259. The van der Waals surface area contributed by atoms with Gasteiger partial charge in [-0.25, -0.2) is 0 Å². The fraction of sp³-hybridized carbons (Fsp3) is 0.625. The van der Waals surface area contributed by atoms with Crippen molar-refractivity contribution in [2.24, 2.45) is 11.8 Å². The van der Waals surface area contributed by atoms with Gasteiger partial charge in [-0.1, -0.05) is 44.7 Å². The van der Waals surface area contributed by atoms with Crippen molar-refractivity contribution in [2.45, 2.75) is 45.4 Å². The lowest BCUT2D eigenvalue weighted by Gasteiger charge is -2.28. The molecule has 0 aliphatic heterocycles. The minimum atomic E-state index is 0.905. The highest BCUT2D eigenvalue weighted by atomic mass is 16.5. The second-order valence-electron chi connectivity index (χ2n) is 5.36. The highest BCUT2D eigenvalue weighted by Gasteiger charge is 2.20. The molecule has 0 saturated heterocycles. The van der Waals surface area contributed by atoms with E-state index in [9.17, 15) is 0 Å². The van der Waals surface area contributed by atoms with Gasteiger partial charge in [0.05, 0.1) is 7.11 Å². The fourth-order valence-corrected chi connectivity index (χ4v) is 3.05. The molecule has 0 bridgehead atoms. The smallest absolute Gasteiger partial charge is 0.118 e. The van der Waals surface area contributed by atoms with Gasteiger partial charge < -0.3 is 4.74 Å². The molecular formula is C16H24O. The van der Waals surface area contributed by atoms with Gasteiger partial charge in [-0.3, -0.25) is 0 Å². The predicted molar refractivity (Wildman–Crippen MR) is 72.4 cm³/mol. The first kappa shape index (κ1) is 12.5. The second kappa shape index (κ2) is 6.09. The molecule has 1 nitrogen and oxygen atoms in total. The highest BCUT2D eigenvalue weighted by molar-refractivity contribution is 5.27. The first-order chi connectivity index (χ1) is 8.31. The fourth-order valence-electron chi connectivity index (χ4n) is 3.05. The zero-order chi connectivity index (χ0) is 12.1. The van der Waals surface area contributed by atoms with Crippen LogP contribution in [0.1, 0.15) is 44.6 Å². The van der Waals surface area contributed by atoms with Crippen molar-refractivity contribution in [2.75, 3.05) is 7.11 Å². The van der Waals surface area contributed by atoms with Crippen molar-refractivity contribution in [1.82, 2.24) is 0 Å². The van der Waals surface area contributed by atoms with Crippen LogP contribution in [0.3, 0.4) is 0 Å². The molecule has 2 atom stereocenters. The van der Waals surface area contributed by atoms with Gasteiger partial charge in [0, 0.05) is 0 Å². The average molecular weight is 232 g/mol. The lowest BCUT2D eigenvalue weighted by Crippen LogP contribution is -2.16. The van der Waals surface area contributed by atoms with Gasteiger partial charge >= 0.3 is 0 Å². The summed E-state index contributed by atoms with van der Waals surface area (Å²) in [6.07, 6.45) is 8.35. The number of hydrogen-bond donors (Lipinski definition) is 0. The van der Waals surface area contributed by atoms with E-state index in [4.69, 9.17) is 4.74 Å². The minimum absolute atomic E-state index is 0.905. The van der Waals surface area contributed by atoms with Gasteiger partial charge in [-0.2, -0.15) is 0 Å². The van der Waals surface area contributed by atoms with E-state index < -0.39 is 0 Å². The van der Waals surface area contributed by atoms with Crippen molar-refractivity contribution >= 4 is 0 Å². The third-order valence-electron chi connectivity index (χ3n) is 4.15. The summed E-state index contributed by atoms with van der Waals surface area (Å²) < 4.78 is 5.19. The van der Waals surface area contributed by atoms with Crippen LogP contribution < -0.4 is 4.74 Å². The predicted octanol–water partition coefficient (Wildman–Crippen LogP) is 4.45. The van der Waals surface area contributed by atoms with Crippen molar-refractivity contribution in [3.8, 4) is 5.75 Å². The summed E-state index contributed by atoms with van der Waals surface area (Å²) in [4.78, 5) is 0. The van der Waals surface area contributed by atoms with Crippen LogP contribution in [0.2, 0.25) is 0 Å². The number of methoxy groups -OCH3 is 1. The Hall–Kier alpha value is -0.980. The third kappa shape index (κ3) is 3.49. The quantitative estimate of drug-likeness (QED) is 0.745. The maximum atomic E-state index is 5.19. The molecule has 1 aliphatic carbocycles. The van der Waals surface area contributed by atoms with Crippen molar-refractivity contribution in [1.29, 1.82) is 0 Å². The summed E-state index contributed by atoms with van der Waals surface area (Å²) >= 11 is 0. The number of hydrogen-bond acceptors (Lipinski definition) is 1. The van der Waals surface area contributed by atoms with E-state index in [1.807, 2.05) is 0 Å². The number of rotatable bonds is 4. The monoisotopic (exact) mass is 232 g/mol. The van der Waals surface area contributed by atoms with Crippen LogP contribution >= 0.6 is 0 Å². The first-order valence-corrected chi connectivity index (χ1v) is 6.94. The molecule has 2 unspecified atom stereocenters. The Kier molecular flexibility index (Phi) is 4.47. The molecule has 0 spiro atoms. The van der Waals surface area contributed by atoms with Gasteiger partial charge in [0.25, 0.3) is 0 Å². The van der Waals surface area contributed by atoms with Gasteiger partial charge in [0.15, 0.2) is 0 Å². The molecule has 0 amide bonds. The third-order valence-corrected chi connectivity index (χ3v) is 4.15. The molecule has 1 aromatic carbocycles. The summed E-state index contributed by atoms with van der Waals surface area (Å²) in [5.41, 5.74) is 1.47. The van der Waals surface area contributed by atoms with Gasteiger partial charge in [0.2, 0.25) is 0 Å². The summed E-state index contributed by atoms with van der Waals surface area (Å²) in [5, 5.41) is 0. The molecule has 1 fully saturated rings. The van der Waals surface area contributed by atoms with Crippen molar-refractivity contribution < 1.29 is 4.74 Å². The van der Waals surface area contributed by atoms with Crippen LogP contribution in [0, 0.1) is 11.8 Å². The Morgan fingerprint density at radius 3 is 2.47 bits per heavy atom. The molecule has 1 saturated carbocycles. The van der Waals surface area contributed by atoms with Gasteiger partial charge in [-0.05, 0) is 42.4 Å². The zero-order valence-corrected chi connectivity index (χ0v) is 11.1. The summed E-state index contributed by atoms with van der Waals surface area (Å²) in [5.74, 6) is 2.85.